The number of methoxy groups -OCH3 is 1. The maximum absolute atomic E-state index is 5.42. The Kier molecular flexibility index (Phi) is 4.38. The second kappa shape index (κ2) is 6.02. The van der Waals surface area contributed by atoms with Gasteiger partial charge < -0.3 is 14.6 Å². The third-order valence-corrected chi connectivity index (χ3v) is 3.86. The monoisotopic (exact) mass is 265 g/mol. The fourth-order valence-electron chi connectivity index (χ4n) is 2.04. The Morgan fingerprint density at radius 2 is 2.33 bits per heavy atom. The number of ether oxygens (including phenoxy) is 1. The van der Waals surface area contributed by atoms with Crippen molar-refractivity contribution in [3.63, 3.8) is 0 Å². The molecule has 0 fully saturated rings. The average Bonchev–Trinajstić information content (AvgIpc) is 3.04. The molecule has 0 aliphatic heterocycles. The third kappa shape index (κ3) is 2.42. The molecule has 0 aliphatic rings. The number of hydrogen-bond acceptors (Lipinski definition) is 4. The van der Waals surface area contributed by atoms with Gasteiger partial charge in [0.25, 0.3) is 0 Å². The quantitative estimate of drug-likeness (QED) is 0.873. The predicted molar refractivity (Wildman–Crippen MR) is 74.3 cm³/mol. The summed E-state index contributed by atoms with van der Waals surface area (Å²) >= 11 is 1.70. The van der Waals surface area contributed by atoms with Gasteiger partial charge in [-0.15, -0.1) is 11.3 Å². The average molecular weight is 265 g/mol. The van der Waals surface area contributed by atoms with Crippen LogP contribution in [0.4, 0.5) is 0 Å². The molecule has 1 N–H and O–H groups in total. The van der Waals surface area contributed by atoms with Crippen LogP contribution in [0.25, 0.3) is 0 Å². The van der Waals surface area contributed by atoms with Gasteiger partial charge >= 0.3 is 0 Å². The number of aryl methyl sites for hydroxylation is 1. The van der Waals surface area contributed by atoms with Crippen molar-refractivity contribution in [1.82, 2.24) is 14.9 Å². The largest absolute Gasteiger partial charge is 0.496 e. The summed E-state index contributed by atoms with van der Waals surface area (Å²) < 4.78 is 7.58. The van der Waals surface area contributed by atoms with Gasteiger partial charge in [0.05, 0.1) is 12.0 Å². The van der Waals surface area contributed by atoms with Crippen LogP contribution in [0.15, 0.2) is 23.8 Å². The molecular weight excluding hydrogens is 246 g/mol. The van der Waals surface area contributed by atoms with Gasteiger partial charge in [0, 0.05) is 18.9 Å². The number of rotatable bonds is 6. The maximum Gasteiger partial charge on any atom is 0.134 e. The van der Waals surface area contributed by atoms with Crippen molar-refractivity contribution in [2.75, 3.05) is 13.7 Å². The van der Waals surface area contributed by atoms with Crippen molar-refractivity contribution in [2.24, 2.45) is 0 Å². The minimum absolute atomic E-state index is 0.0971. The topological polar surface area (TPSA) is 39.1 Å². The van der Waals surface area contributed by atoms with Gasteiger partial charge in [-0.1, -0.05) is 6.92 Å². The minimum Gasteiger partial charge on any atom is -0.496 e. The van der Waals surface area contributed by atoms with Crippen LogP contribution >= 0.6 is 11.3 Å². The number of thiophene rings is 1. The lowest BCUT2D eigenvalue weighted by Gasteiger charge is -2.18. The van der Waals surface area contributed by atoms with Gasteiger partial charge in [-0.2, -0.15) is 0 Å². The number of aromatic nitrogens is 2. The van der Waals surface area contributed by atoms with E-state index >= 15 is 0 Å². The van der Waals surface area contributed by atoms with Gasteiger partial charge in [-0.3, -0.25) is 0 Å². The Morgan fingerprint density at radius 3 is 3.00 bits per heavy atom. The second-order valence-corrected chi connectivity index (χ2v) is 4.86. The van der Waals surface area contributed by atoms with E-state index in [1.165, 1.54) is 4.88 Å². The molecule has 0 spiro atoms. The smallest absolute Gasteiger partial charge is 0.134 e. The van der Waals surface area contributed by atoms with Crippen LogP contribution in [-0.2, 0) is 6.54 Å². The van der Waals surface area contributed by atoms with Crippen molar-refractivity contribution in [3.05, 3.63) is 34.5 Å². The highest BCUT2D eigenvalue weighted by Gasteiger charge is 2.22. The van der Waals surface area contributed by atoms with Gasteiger partial charge in [0.1, 0.15) is 17.6 Å². The number of nitrogens with one attached hydrogen (secondary N) is 1. The van der Waals surface area contributed by atoms with E-state index in [1.54, 1.807) is 18.4 Å². The number of hydrogen-bond donors (Lipinski definition) is 1. The molecule has 18 heavy (non-hydrogen) atoms. The van der Waals surface area contributed by atoms with Crippen LogP contribution in [0.2, 0.25) is 0 Å². The second-order valence-electron chi connectivity index (χ2n) is 3.92. The molecule has 5 heteroatoms. The first-order valence-corrected chi connectivity index (χ1v) is 7.05. The number of nitrogens with zero attached hydrogens (tertiary/aromatic N) is 2. The van der Waals surface area contributed by atoms with E-state index in [4.69, 9.17) is 4.74 Å². The highest BCUT2D eigenvalue weighted by atomic mass is 32.1. The van der Waals surface area contributed by atoms with Crippen molar-refractivity contribution >= 4 is 11.3 Å². The van der Waals surface area contributed by atoms with E-state index in [0.29, 0.717) is 0 Å². The summed E-state index contributed by atoms with van der Waals surface area (Å²) in [4.78, 5) is 5.67. The fourth-order valence-corrected chi connectivity index (χ4v) is 2.97. The fraction of sp³-hybridized carbons (Fsp3) is 0.462. The third-order valence-electron chi connectivity index (χ3n) is 2.89. The van der Waals surface area contributed by atoms with Crippen molar-refractivity contribution in [1.29, 1.82) is 0 Å². The molecule has 1 atom stereocenters. The summed E-state index contributed by atoms with van der Waals surface area (Å²) in [5, 5.41) is 5.54. The zero-order chi connectivity index (χ0) is 13.0. The van der Waals surface area contributed by atoms with Gasteiger partial charge in [0.2, 0.25) is 0 Å². The van der Waals surface area contributed by atoms with Crippen LogP contribution in [0.5, 0.6) is 5.75 Å². The first kappa shape index (κ1) is 13.1. The lowest BCUT2D eigenvalue weighted by Crippen LogP contribution is -2.24. The summed E-state index contributed by atoms with van der Waals surface area (Å²) in [6.45, 7) is 6.04. The van der Waals surface area contributed by atoms with Crippen molar-refractivity contribution in [3.8, 4) is 5.75 Å². The zero-order valence-electron chi connectivity index (χ0n) is 11.0. The van der Waals surface area contributed by atoms with E-state index in [-0.39, 0.29) is 6.04 Å². The minimum atomic E-state index is 0.0971. The highest BCUT2D eigenvalue weighted by molar-refractivity contribution is 7.10. The molecule has 2 aromatic rings. The number of imidazole rings is 1. The molecule has 2 rings (SSSR count). The lowest BCUT2D eigenvalue weighted by atomic mass is 10.2. The van der Waals surface area contributed by atoms with Crippen LogP contribution in [0, 0.1) is 0 Å². The Hall–Kier alpha value is -1.33. The molecule has 0 saturated carbocycles. The van der Waals surface area contributed by atoms with E-state index in [0.717, 1.165) is 24.7 Å². The lowest BCUT2D eigenvalue weighted by molar-refractivity contribution is 0.406. The summed E-state index contributed by atoms with van der Waals surface area (Å²) in [5.74, 6) is 1.97. The van der Waals surface area contributed by atoms with E-state index < -0.39 is 0 Å². The Morgan fingerprint density at radius 1 is 1.50 bits per heavy atom. The van der Waals surface area contributed by atoms with Crippen molar-refractivity contribution in [2.45, 2.75) is 26.4 Å². The van der Waals surface area contributed by atoms with Crippen LogP contribution < -0.4 is 10.1 Å². The van der Waals surface area contributed by atoms with Crippen LogP contribution in [0.1, 0.15) is 30.6 Å². The molecule has 98 valence electrons. The van der Waals surface area contributed by atoms with Crippen molar-refractivity contribution < 1.29 is 4.74 Å². The Labute approximate surface area is 112 Å². The van der Waals surface area contributed by atoms with Crippen LogP contribution in [0.3, 0.4) is 0 Å². The molecule has 0 radical (unpaired) electrons. The zero-order valence-corrected chi connectivity index (χ0v) is 11.8. The molecule has 2 aromatic heterocycles. The normalized spacial score (nSPS) is 12.6. The first-order chi connectivity index (χ1) is 8.81. The summed E-state index contributed by atoms with van der Waals surface area (Å²) in [5.41, 5.74) is 0. The van der Waals surface area contributed by atoms with Crippen LogP contribution in [-0.4, -0.2) is 23.2 Å². The first-order valence-electron chi connectivity index (χ1n) is 6.17. The van der Waals surface area contributed by atoms with Gasteiger partial charge in [0.15, 0.2) is 0 Å². The molecule has 0 saturated heterocycles. The highest BCUT2D eigenvalue weighted by Crippen LogP contribution is 2.34. The molecular formula is C13H19N3OS. The Bertz CT molecular complexity index is 450. The van der Waals surface area contributed by atoms with Gasteiger partial charge in [-0.25, -0.2) is 4.98 Å². The van der Waals surface area contributed by atoms with E-state index in [2.05, 4.69) is 34.1 Å². The molecule has 4 nitrogen and oxygen atoms in total. The summed E-state index contributed by atoms with van der Waals surface area (Å²) in [7, 11) is 1.71. The molecule has 2 heterocycles. The predicted octanol–water partition coefficient (Wildman–Crippen LogP) is 2.67. The molecule has 0 aromatic carbocycles. The van der Waals surface area contributed by atoms with Gasteiger partial charge in [-0.05, 0) is 24.9 Å². The molecule has 0 amide bonds. The summed E-state index contributed by atoms with van der Waals surface area (Å²) in [6.07, 6.45) is 3.86. The Balaban J connectivity index is 2.40. The summed E-state index contributed by atoms with van der Waals surface area (Å²) in [6, 6.07) is 2.10. The van der Waals surface area contributed by atoms with E-state index in [9.17, 15) is 0 Å². The van der Waals surface area contributed by atoms with E-state index in [1.807, 2.05) is 18.5 Å². The SMILES string of the molecule is CCNC(c1sccc1OC)c1nccn1CC. The standard InChI is InChI=1S/C13H19N3OS/c1-4-14-11(12-10(17-3)6-9-18-12)13-15-7-8-16(13)5-2/h6-9,11,14H,4-5H2,1-3H3. The molecule has 1 unspecified atom stereocenters. The maximum atomic E-state index is 5.42. The molecule has 0 bridgehead atoms. The molecule has 0 aliphatic carbocycles.